The fraction of sp³-hybridized carbons (Fsp3) is 0.200. The van der Waals surface area contributed by atoms with Gasteiger partial charge in [0.05, 0.1) is 19.8 Å². The number of hydrogen-bond acceptors (Lipinski definition) is 5. The fourth-order valence-corrected chi connectivity index (χ4v) is 2.69. The monoisotopic (exact) mass is 368 g/mol. The second-order valence-corrected chi connectivity index (χ2v) is 5.79. The number of carbonyl (C=O) groups is 2. The van der Waals surface area contributed by atoms with E-state index in [1.54, 1.807) is 32.5 Å². The van der Waals surface area contributed by atoms with Crippen molar-refractivity contribution in [2.24, 2.45) is 0 Å². The summed E-state index contributed by atoms with van der Waals surface area (Å²) in [4.78, 5) is 27.2. The molecule has 3 aromatic rings. The Balaban J connectivity index is 1.53. The van der Waals surface area contributed by atoms with Gasteiger partial charge >= 0.3 is 5.97 Å². The van der Waals surface area contributed by atoms with Gasteiger partial charge in [-0.3, -0.25) is 4.79 Å². The second kappa shape index (κ2) is 8.27. The van der Waals surface area contributed by atoms with Crippen LogP contribution < -0.4 is 14.8 Å². The largest absolute Gasteiger partial charge is 0.493 e. The maximum atomic E-state index is 12.2. The van der Waals surface area contributed by atoms with E-state index in [-0.39, 0.29) is 13.2 Å². The van der Waals surface area contributed by atoms with Gasteiger partial charge in [-0.2, -0.15) is 0 Å². The molecule has 27 heavy (non-hydrogen) atoms. The first-order valence-electron chi connectivity index (χ1n) is 8.33. The SMILES string of the molecule is COc1ccc(CNC(=O)COC(=O)c2c[nH]c3ccccc23)cc1OC. The molecule has 0 saturated heterocycles. The number of fused-ring (bicyclic) bond motifs is 1. The number of H-pyrrole nitrogens is 1. The highest BCUT2D eigenvalue weighted by molar-refractivity contribution is 6.04. The number of rotatable bonds is 7. The van der Waals surface area contributed by atoms with E-state index in [1.165, 1.54) is 0 Å². The molecule has 0 aliphatic rings. The van der Waals surface area contributed by atoms with Crippen LogP contribution in [0, 0.1) is 0 Å². The molecule has 0 fully saturated rings. The van der Waals surface area contributed by atoms with E-state index >= 15 is 0 Å². The molecule has 140 valence electrons. The van der Waals surface area contributed by atoms with Crippen molar-refractivity contribution in [1.29, 1.82) is 0 Å². The number of para-hydroxylation sites is 1. The van der Waals surface area contributed by atoms with Crippen LogP contribution in [0.25, 0.3) is 10.9 Å². The molecule has 1 amide bonds. The van der Waals surface area contributed by atoms with Gasteiger partial charge < -0.3 is 24.5 Å². The lowest BCUT2D eigenvalue weighted by Crippen LogP contribution is -2.28. The molecule has 0 saturated carbocycles. The van der Waals surface area contributed by atoms with Crippen molar-refractivity contribution in [2.45, 2.75) is 6.54 Å². The van der Waals surface area contributed by atoms with Crippen LogP contribution in [0.4, 0.5) is 0 Å². The summed E-state index contributed by atoms with van der Waals surface area (Å²) >= 11 is 0. The van der Waals surface area contributed by atoms with E-state index in [9.17, 15) is 9.59 Å². The number of carbonyl (C=O) groups excluding carboxylic acids is 2. The van der Waals surface area contributed by atoms with Crippen LogP contribution in [0.15, 0.2) is 48.7 Å². The predicted octanol–water partition coefficient (Wildman–Crippen LogP) is 2.66. The number of hydrogen-bond donors (Lipinski definition) is 2. The molecule has 2 aromatic carbocycles. The second-order valence-electron chi connectivity index (χ2n) is 5.79. The third-order valence-corrected chi connectivity index (χ3v) is 4.08. The topological polar surface area (TPSA) is 89.6 Å². The molecule has 0 radical (unpaired) electrons. The van der Waals surface area contributed by atoms with Gasteiger partial charge in [0.1, 0.15) is 0 Å². The Labute approximate surface area is 156 Å². The highest BCUT2D eigenvalue weighted by Crippen LogP contribution is 2.27. The summed E-state index contributed by atoms with van der Waals surface area (Å²) in [7, 11) is 3.10. The Morgan fingerprint density at radius 2 is 1.81 bits per heavy atom. The zero-order valence-electron chi connectivity index (χ0n) is 15.1. The first-order valence-corrected chi connectivity index (χ1v) is 8.33. The van der Waals surface area contributed by atoms with E-state index in [1.807, 2.05) is 30.3 Å². The smallest absolute Gasteiger partial charge is 0.340 e. The van der Waals surface area contributed by atoms with E-state index in [2.05, 4.69) is 10.3 Å². The van der Waals surface area contributed by atoms with Crippen LogP contribution in [-0.4, -0.2) is 37.7 Å². The third-order valence-electron chi connectivity index (χ3n) is 4.08. The van der Waals surface area contributed by atoms with Crippen molar-refractivity contribution in [3.63, 3.8) is 0 Å². The zero-order valence-corrected chi connectivity index (χ0v) is 15.1. The van der Waals surface area contributed by atoms with Crippen molar-refractivity contribution in [3.8, 4) is 11.5 Å². The van der Waals surface area contributed by atoms with E-state index < -0.39 is 11.9 Å². The molecular weight excluding hydrogens is 348 g/mol. The van der Waals surface area contributed by atoms with Gasteiger partial charge in [0.15, 0.2) is 18.1 Å². The predicted molar refractivity (Wildman–Crippen MR) is 100.0 cm³/mol. The fourth-order valence-electron chi connectivity index (χ4n) is 2.69. The summed E-state index contributed by atoms with van der Waals surface area (Å²) in [6.45, 7) is -0.0740. The number of esters is 1. The number of aromatic nitrogens is 1. The van der Waals surface area contributed by atoms with Crippen LogP contribution in [0.2, 0.25) is 0 Å². The summed E-state index contributed by atoms with van der Waals surface area (Å²) in [5, 5.41) is 3.46. The standard InChI is InChI=1S/C20H20N2O5/c1-25-17-8-7-13(9-18(17)26-2)10-22-19(23)12-27-20(24)15-11-21-16-6-4-3-5-14(15)16/h3-9,11,21H,10,12H2,1-2H3,(H,22,23). The lowest BCUT2D eigenvalue weighted by Gasteiger charge is -2.10. The highest BCUT2D eigenvalue weighted by Gasteiger charge is 2.14. The number of amides is 1. The Morgan fingerprint density at radius 1 is 1.04 bits per heavy atom. The zero-order chi connectivity index (χ0) is 19.2. The van der Waals surface area contributed by atoms with Crippen molar-refractivity contribution in [1.82, 2.24) is 10.3 Å². The van der Waals surface area contributed by atoms with Crippen molar-refractivity contribution < 1.29 is 23.8 Å². The van der Waals surface area contributed by atoms with Gasteiger partial charge in [-0.1, -0.05) is 24.3 Å². The molecule has 0 aliphatic carbocycles. The van der Waals surface area contributed by atoms with Crippen LogP contribution in [0.5, 0.6) is 11.5 Å². The molecule has 0 atom stereocenters. The molecule has 0 spiro atoms. The molecule has 2 N–H and O–H groups in total. The number of methoxy groups -OCH3 is 2. The molecule has 7 heteroatoms. The molecule has 7 nitrogen and oxygen atoms in total. The molecule has 0 bridgehead atoms. The Bertz CT molecular complexity index is 964. The Hall–Kier alpha value is -3.48. The van der Waals surface area contributed by atoms with Crippen LogP contribution in [0.3, 0.4) is 0 Å². The normalized spacial score (nSPS) is 10.4. The maximum absolute atomic E-state index is 12.2. The summed E-state index contributed by atoms with van der Waals surface area (Å²) < 4.78 is 15.5. The van der Waals surface area contributed by atoms with Gasteiger partial charge in [0.25, 0.3) is 5.91 Å². The molecular formula is C20H20N2O5. The van der Waals surface area contributed by atoms with E-state index in [0.29, 0.717) is 17.1 Å². The average molecular weight is 368 g/mol. The minimum atomic E-state index is -0.547. The Kier molecular flexibility index (Phi) is 5.61. The first kappa shape index (κ1) is 18.3. The van der Waals surface area contributed by atoms with E-state index in [4.69, 9.17) is 14.2 Å². The summed E-state index contributed by atoms with van der Waals surface area (Å²) in [5.41, 5.74) is 2.07. The number of aromatic amines is 1. The molecule has 1 heterocycles. The number of ether oxygens (including phenoxy) is 3. The minimum absolute atomic E-state index is 0.282. The lowest BCUT2D eigenvalue weighted by molar-refractivity contribution is -0.124. The third kappa shape index (κ3) is 4.20. The van der Waals surface area contributed by atoms with Gasteiger partial charge in [-0.05, 0) is 23.8 Å². The quantitative estimate of drug-likeness (QED) is 0.626. The minimum Gasteiger partial charge on any atom is -0.493 e. The summed E-state index contributed by atoms with van der Waals surface area (Å²) in [5.74, 6) is 0.252. The van der Waals surface area contributed by atoms with Gasteiger partial charge in [0.2, 0.25) is 0 Å². The van der Waals surface area contributed by atoms with Gasteiger partial charge in [0, 0.05) is 23.6 Å². The van der Waals surface area contributed by atoms with E-state index in [0.717, 1.165) is 16.5 Å². The molecule has 0 unspecified atom stereocenters. The summed E-state index contributed by atoms with van der Waals surface area (Å²) in [6, 6.07) is 12.7. The Morgan fingerprint density at radius 3 is 2.59 bits per heavy atom. The van der Waals surface area contributed by atoms with Crippen molar-refractivity contribution in [2.75, 3.05) is 20.8 Å². The van der Waals surface area contributed by atoms with Crippen LogP contribution >= 0.6 is 0 Å². The van der Waals surface area contributed by atoms with Crippen LogP contribution in [0.1, 0.15) is 15.9 Å². The first-order chi connectivity index (χ1) is 13.1. The van der Waals surface area contributed by atoms with Crippen molar-refractivity contribution in [3.05, 3.63) is 59.8 Å². The van der Waals surface area contributed by atoms with Gasteiger partial charge in [-0.25, -0.2) is 4.79 Å². The summed E-state index contributed by atoms with van der Waals surface area (Å²) in [6.07, 6.45) is 1.58. The average Bonchev–Trinajstić information content (AvgIpc) is 3.14. The molecule has 1 aromatic heterocycles. The highest BCUT2D eigenvalue weighted by atomic mass is 16.5. The van der Waals surface area contributed by atoms with Crippen LogP contribution in [-0.2, 0) is 16.1 Å². The van der Waals surface area contributed by atoms with Crippen molar-refractivity contribution >= 4 is 22.8 Å². The molecule has 3 rings (SSSR count). The lowest BCUT2D eigenvalue weighted by atomic mass is 10.2. The number of nitrogens with one attached hydrogen (secondary N) is 2. The molecule has 0 aliphatic heterocycles. The maximum Gasteiger partial charge on any atom is 0.340 e. The van der Waals surface area contributed by atoms with Gasteiger partial charge in [-0.15, -0.1) is 0 Å². The number of benzene rings is 2.